The molecular weight excluding hydrogens is 210 g/mol. The number of benzene rings is 2. The van der Waals surface area contributed by atoms with Crippen molar-refractivity contribution in [1.29, 1.82) is 0 Å². The maximum Gasteiger partial charge on any atom is 0.123 e. The van der Waals surface area contributed by atoms with Crippen molar-refractivity contribution in [3.05, 3.63) is 53.6 Å². The molecule has 0 aliphatic rings. The highest BCUT2D eigenvalue weighted by Gasteiger charge is 2.07. The molecule has 0 unspecified atom stereocenters. The van der Waals surface area contributed by atoms with Gasteiger partial charge < -0.3 is 10.8 Å². The van der Waals surface area contributed by atoms with E-state index in [0.29, 0.717) is 12.3 Å². The van der Waals surface area contributed by atoms with Crippen LogP contribution in [-0.4, -0.2) is 11.7 Å². The highest BCUT2D eigenvalue weighted by atomic mass is 16.3. The number of rotatable bonds is 3. The van der Waals surface area contributed by atoms with Gasteiger partial charge in [-0.05, 0) is 48.7 Å². The topological polar surface area (TPSA) is 46.2 Å². The van der Waals surface area contributed by atoms with Crippen LogP contribution in [0, 0.1) is 6.92 Å². The Hall–Kier alpha value is -1.80. The molecule has 2 aromatic carbocycles. The Morgan fingerprint density at radius 2 is 1.82 bits per heavy atom. The summed E-state index contributed by atoms with van der Waals surface area (Å²) in [4.78, 5) is 0. The summed E-state index contributed by atoms with van der Waals surface area (Å²) in [7, 11) is 0. The number of aromatic hydroxyl groups is 1. The third-order valence-electron chi connectivity index (χ3n) is 2.93. The molecule has 0 fully saturated rings. The van der Waals surface area contributed by atoms with Crippen molar-refractivity contribution in [2.24, 2.45) is 5.73 Å². The van der Waals surface area contributed by atoms with Crippen molar-refractivity contribution < 1.29 is 5.11 Å². The smallest absolute Gasteiger partial charge is 0.123 e. The van der Waals surface area contributed by atoms with Crippen molar-refractivity contribution in [2.45, 2.75) is 13.3 Å². The Bertz CT molecular complexity index is 520. The second-order valence-electron chi connectivity index (χ2n) is 4.21. The molecule has 2 nitrogen and oxygen atoms in total. The van der Waals surface area contributed by atoms with E-state index in [9.17, 15) is 5.11 Å². The predicted octanol–water partition coefficient (Wildman–Crippen LogP) is 2.87. The van der Waals surface area contributed by atoms with Crippen LogP contribution in [0.15, 0.2) is 42.5 Å². The van der Waals surface area contributed by atoms with E-state index in [1.165, 1.54) is 0 Å². The zero-order chi connectivity index (χ0) is 12.3. The Morgan fingerprint density at radius 3 is 2.53 bits per heavy atom. The quantitative estimate of drug-likeness (QED) is 0.847. The van der Waals surface area contributed by atoms with Gasteiger partial charge >= 0.3 is 0 Å². The van der Waals surface area contributed by atoms with Gasteiger partial charge in [-0.2, -0.15) is 0 Å². The first-order chi connectivity index (χ1) is 8.22. The van der Waals surface area contributed by atoms with E-state index >= 15 is 0 Å². The summed E-state index contributed by atoms with van der Waals surface area (Å²) in [6.45, 7) is 2.67. The molecule has 2 heteroatoms. The van der Waals surface area contributed by atoms with Crippen LogP contribution in [0.5, 0.6) is 5.75 Å². The van der Waals surface area contributed by atoms with E-state index in [1.54, 1.807) is 6.07 Å². The van der Waals surface area contributed by atoms with Crippen molar-refractivity contribution in [3.63, 3.8) is 0 Å². The minimum atomic E-state index is 0.320. The minimum Gasteiger partial charge on any atom is -0.507 e. The highest BCUT2D eigenvalue weighted by molar-refractivity contribution is 5.73. The van der Waals surface area contributed by atoms with E-state index in [4.69, 9.17) is 5.73 Å². The summed E-state index contributed by atoms with van der Waals surface area (Å²) in [5, 5.41) is 9.95. The third-order valence-corrected chi connectivity index (χ3v) is 2.93. The SMILES string of the molecule is Cc1ccccc1-c1cc(CCN)ccc1O. The Morgan fingerprint density at radius 1 is 1.06 bits per heavy atom. The molecule has 0 amide bonds. The third kappa shape index (κ3) is 2.48. The van der Waals surface area contributed by atoms with Crippen molar-refractivity contribution in [2.75, 3.05) is 6.54 Å². The first-order valence-electron chi connectivity index (χ1n) is 5.80. The molecule has 2 aromatic rings. The maximum absolute atomic E-state index is 9.95. The Labute approximate surface area is 102 Å². The molecule has 0 radical (unpaired) electrons. The van der Waals surface area contributed by atoms with Gasteiger partial charge in [-0.1, -0.05) is 30.3 Å². The van der Waals surface area contributed by atoms with E-state index in [1.807, 2.05) is 43.3 Å². The number of phenols is 1. The molecule has 0 saturated heterocycles. The van der Waals surface area contributed by atoms with E-state index < -0.39 is 0 Å². The number of nitrogens with two attached hydrogens (primary N) is 1. The van der Waals surface area contributed by atoms with Gasteiger partial charge in [-0.25, -0.2) is 0 Å². The largest absolute Gasteiger partial charge is 0.507 e. The summed E-state index contributed by atoms with van der Waals surface area (Å²) in [6, 6.07) is 13.7. The zero-order valence-corrected chi connectivity index (χ0v) is 9.98. The first-order valence-corrected chi connectivity index (χ1v) is 5.80. The fourth-order valence-corrected chi connectivity index (χ4v) is 2.00. The lowest BCUT2D eigenvalue weighted by Crippen LogP contribution is -2.02. The van der Waals surface area contributed by atoms with Crippen molar-refractivity contribution >= 4 is 0 Å². The van der Waals surface area contributed by atoms with Crippen LogP contribution in [0.2, 0.25) is 0 Å². The Kier molecular flexibility index (Phi) is 3.45. The van der Waals surface area contributed by atoms with Crippen LogP contribution in [0.25, 0.3) is 11.1 Å². The fraction of sp³-hybridized carbons (Fsp3) is 0.200. The number of phenolic OH excluding ortho intramolecular Hbond substituents is 1. The van der Waals surface area contributed by atoms with Crippen LogP contribution in [0.4, 0.5) is 0 Å². The molecule has 0 spiro atoms. The van der Waals surface area contributed by atoms with Gasteiger partial charge in [0.2, 0.25) is 0 Å². The van der Waals surface area contributed by atoms with E-state index in [0.717, 1.165) is 28.7 Å². The summed E-state index contributed by atoms with van der Waals surface area (Å²) in [6.07, 6.45) is 0.833. The summed E-state index contributed by atoms with van der Waals surface area (Å²) < 4.78 is 0. The van der Waals surface area contributed by atoms with Gasteiger partial charge in [-0.15, -0.1) is 0 Å². The molecule has 0 bridgehead atoms. The van der Waals surface area contributed by atoms with Crippen LogP contribution in [0.1, 0.15) is 11.1 Å². The second-order valence-corrected chi connectivity index (χ2v) is 4.21. The first kappa shape index (κ1) is 11.7. The van der Waals surface area contributed by atoms with Gasteiger partial charge in [0.15, 0.2) is 0 Å². The van der Waals surface area contributed by atoms with Gasteiger partial charge in [0, 0.05) is 5.56 Å². The molecule has 0 aromatic heterocycles. The molecule has 0 saturated carbocycles. The van der Waals surface area contributed by atoms with Gasteiger partial charge in [-0.3, -0.25) is 0 Å². The summed E-state index contributed by atoms with van der Waals surface area (Å²) in [5.41, 5.74) is 9.83. The second kappa shape index (κ2) is 5.02. The average Bonchev–Trinajstić information content (AvgIpc) is 2.33. The standard InChI is InChI=1S/C15H17NO/c1-11-4-2-3-5-13(11)14-10-12(8-9-16)6-7-15(14)17/h2-7,10,17H,8-9,16H2,1H3. The molecule has 0 aliphatic heterocycles. The van der Waals surface area contributed by atoms with Crippen LogP contribution >= 0.6 is 0 Å². The number of hydrogen-bond donors (Lipinski definition) is 2. The molecule has 88 valence electrons. The van der Waals surface area contributed by atoms with E-state index in [-0.39, 0.29) is 0 Å². The van der Waals surface area contributed by atoms with E-state index in [2.05, 4.69) is 0 Å². The molecule has 0 aliphatic carbocycles. The zero-order valence-electron chi connectivity index (χ0n) is 9.98. The van der Waals surface area contributed by atoms with Gasteiger partial charge in [0.25, 0.3) is 0 Å². The van der Waals surface area contributed by atoms with Crippen molar-refractivity contribution in [3.8, 4) is 16.9 Å². The van der Waals surface area contributed by atoms with Gasteiger partial charge in [0.1, 0.15) is 5.75 Å². The lowest BCUT2D eigenvalue weighted by Gasteiger charge is -2.10. The number of hydrogen-bond acceptors (Lipinski definition) is 2. The molecular formula is C15H17NO. The van der Waals surface area contributed by atoms with Gasteiger partial charge in [0.05, 0.1) is 0 Å². The lowest BCUT2D eigenvalue weighted by atomic mass is 9.97. The summed E-state index contributed by atoms with van der Waals surface area (Å²) >= 11 is 0. The van der Waals surface area contributed by atoms with Crippen molar-refractivity contribution in [1.82, 2.24) is 0 Å². The average molecular weight is 227 g/mol. The maximum atomic E-state index is 9.95. The Balaban J connectivity index is 2.51. The molecule has 3 N–H and O–H groups in total. The number of aryl methyl sites for hydroxylation is 1. The fourth-order valence-electron chi connectivity index (χ4n) is 2.00. The van der Waals surface area contributed by atoms with Crippen LogP contribution in [-0.2, 0) is 6.42 Å². The summed E-state index contributed by atoms with van der Waals surface area (Å²) in [5.74, 6) is 0.320. The minimum absolute atomic E-state index is 0.320. The normalized spacial score (nSPS) is 10.5. The lowest BCUT2D eigenvalue weighted by molar-refractivity contribution is 0.477. The van der Waals surface area contributed by atoms with Crippen LogP contribution in [0.3, 0.4) is 0 Å². The predicted molar refractivity (Wildman–Crippen MR) is 71.0 cm³/mol. The molecule has 0 heterocycles. The monoisotopic (exact) mass is 227 g/mol. The molecule has 0 atom stereocenters. The highest BCUT2D eigenvalue weighted by Crippen LogP contribution is 2.32. The molecule has 2 rings (SSSR count). The molecule has 17 heavy (non-hydrogen) atoms. The van der Waals surface area contributed by atoms with Crippen LogP contribution < -0.4 is 5.73 Å².